The van der Waals surface area contributed by atoms with E-state index in [1.54, 1.807) is 0 Å². The van der Waals surface area contributed by atoms with Crippen LogP contribution in [0.25, 0.3) is 11.0 Å². The fraction of sp³-hybridized carbons (Fsp3) is 0.500. The molecule has 21 heavy (non-hydrogen) atoms. The van der Waals surface area contributed by atoms with Crippen LogP contribution in [0.5, 0.6) is 0 Å². The van der Waals surface area contributed by atoms with Crippen LogP contribution in [0.2, 0.25) is 5.02 Å². The van der Waals surface area contributed by atoms with Crippen LogP contribution in [0.4, 0.5) is 0 Å². The van der Waals surface area contributed by atoms with Gasteiger partial charge in [0.05, 0.1) is 22.7 Å². The number of esters is 1. The molecule has 1 aliphatic rings. The third-order valence-corrected chi connectivity index (χ3v) is 4.20. The average Bonchev–Trinajstić information content (AvgIpc) is 3.22. The van der Waals surface area contributed by atoms with Crippen LogP contribution in [0.15, 0.2) is 18.2 Å². The minimum absolute atomic E-state index is 0.201. The maximum absolute atomic E-state index is 12.2. The number of rotatable bonds is 5. The molecule has 0 aliphatic heterocycles. The number of halogens is 1. The van der Waals surface area contributed by atoms with Gasteiger partial charge in [-0.2, -0.15) is 0 Å². The molecule has 3 rings (SSSR count). The van der Waals surface area contributed by atoms with Crippen molar-refractivity contribution >= 4 is 28.6 Å². The zero-order valence-electron chi connectivity index (χ0n) is 12.3. The third-order valence-electron chi connectivity index (χ3n) is 3.89. The molecule has 1 atom stereocenters. The van der Waals surface area contributed by atoms with Gasteiger partial charge in [0, 0.05) is 6.04 Å². The Bertz CT molecular complexity index is 676. The Morgan fingerprint density at radius 3 is 2.86 bits per heavy atom. The normalized spacial score (nSPS) is 16.1. The molecule has 1 fully saturated rings. The molecule has 1 aromatic carbocycles. The molecule has 2 aromatic rings. The van der Waals surface area contributed by atoms with Crippen LogP contribution in [0, 0.1) is 0 Å². The molecular formula is C16H19ClN2O2. The fourth-order valence-electron chi connectivity index (χ4n) is 2.77. The molecule has 1 aromatic heterocycles. The number of carbonyl (C=O) groups is 1. The van der Waals surface area contributed by atoms with E-state index in [2.05, 4.69) is 9.55 Å². The number of benzene rings is 1. The number of fused-ring (bicyclic) bond motifs is 1. The van der Waals surface area contributed by atoms with Crippen molar-refractivity contribution in [3.63, 3.8) is 0 Å². The second-order valence-corrected chi connectivity index (χ2v) is 5.80. The highest BCUT2D eigenvalue weighted by molar-refractivity contribution is 6.35. The Kier molecular flexibility index (Phi) is 3.89. The number of hydrogen-bond acceptors (Lipinski definition) is 3. The molecule has 0 saturated heterocycles. The summed E-state index contributed by atoms with van der Waals surface area (Å²) in [7, 11) is 0. The minimum atomic E-state index is -0.325. The topological polar surface area (TPSA) is 44.1 Å². The van der Waals surface area contributed by atoms with Gasteiger partial charge < -0.3 is 9.30 Å². The van der Waals surface area contributed by atoms with Gasteiger partial charge in [-0.25, -0.2) is 4.98 Å². The number of carbonyl (C=O) groups excluding carboxylic acids is 1. The van der Waals surface area contributed by atoms with Gasteiger partial charge in [-0.05, 0) is 38.3 Å². The number of imidazole rings is 1. The first-order chi connectivity index (χ1) is 10.2. The van der Waals surface area contributed by atoms with Gasteiger partial charge in [0.2, 0.25) is 0 Å². The highest BCUT2D eigenvalue weighted by Crippen LogP contribution is 2.42. The lowest BCUT2D eigenvalue weighted by atomic mass is 10.1. The first-order valence-electron chi connectivity index (χ1n) is 7.50. The van der Waals surface area contributed by atoms with Gasteiger partial charge in [-0.1, -0.05) is 24.6 Å². The van der Waals surface area contributed by atoms with E-state index in [0.717, 1.165) is 29.7 Å². The maximum Gasteiger partial charge on any atom is 0.316 e. The largest absolute Gasteiger partial charge is 0.465 e. The molecular weight excluding hydrogens is 288 g/mol. The van der Waals surface area contributed by atoms with Crippen LogP contribution in [-0.4, -0.2) is 22.1 Å². The SMILES string of the molecule is CCOC(=O)C(CC)c1nc2cccc(Cl)c2n1C1CC1. The first-order valence-corrected chi connectivity index (χ1v) is 7.88. The Balaban J connectivity index is 2.15. The highest BCUT2D eigenvalue weighted by atomic mass is 35.5. The lowest BCUT2D eigenvalue weighted by Crippen LogP contribution is -2.19. The lowest BCUT2D eigenvalue weighted by Gasteiger charge is -2.15. The average molecular weight is 307 g/mol. The summed E-state index contributed by atoms with van der Waals surface area (Å²) in [5.41, 5.74) is 1.80. The van der Waals surface area contributed by atoms with Crippen LogP contribution in [0.3, 0.4) is 0 Å². The van der Waals surface area contributed by atoms with Crippen molar-refractivity contribution in [1.82, 2.24) is 9.55 Å². The fourth-order valence-corrected chi connectivity index (χ4v) is 3.03. The van der Waals surface area contributed by atoms with Gasteiger partial charge in [0.1, 0.15) is 11.7 Å². The van der Waals surface area contributed by atoms with Crippen LogP contribution < -0.4 is 0 Å². The quantitative estimate of drug-likeness (QED) is 0.782. The van der Waals surface area contributed by atoms with Crippen molar-refractivity contribution in [2.45, 2.75) is 45.1 Å². The molecule has 5 heteroatoms. The van der Waals surface area contributed by atoms with Gasteiger partial charge in [-0.3, -0.25) is 4.79 Å². The molecule has 1 saturated carbocycles. The minimum Gasteiger partial charge on any atom is -0.465 e. The molecule has 0 N–H and O–H groups in total. The van der Waals surface area contributed by atoms with E-state index in [9.17, 15) is 4.79 Å². The Morgan fingerprint density at radius 1 is 1.48 bits per heavy atom. The third kappa shape index (κ3) is 2.53. The number of aromatic nitrogens is 2. The van der Waals surface area contributed by atoms with E-state index in [1.165, 1.54) is 0 Å². The molecule has 1 unspecified atom stereocenters. The summed E-state index contributed by atoms with van der Waals surface area (Å²) >= 11 is 6.36. The van der Waals surface area contributed by atoms with Crippen molar-refractivity contribution < 1.29 is 9.53 Å². The zero-order chi connectivity index (χ0) is 15.0. The van der Waals surface area contributed by atoms with E-state index >= 15 is 0 Å². The Hall–Kier alpha value is -1.55. The molecule has 0 radical (unpaired) electrons. The summed E-state index contributed by atoms with van der Waals surface area (Å²) in [6.07, 6.45) is 2.90. The van der Waals surface area contributed by atoms with Gasteiger partial charge in [-0.15, -0.1) is 0 Å². The van der Waals surface area contributed by atoms with E-state index in [1.807, 2.05) is 32.0 Å². The molecule has 0 bridgehead atoms. The first kappa shape index (κ1) is 14.4. The maximum atomic E-state index is 12.2. The standard InChI is InChI=1S/C16H19ClN2O2/c1-3-11(16(20)21-4-2)15-18-13-7-5-6-12(17)14(13)19(15)10-8-9-10/h5-7,10-11H,3-4,8-9H2,1-2H3. The predicted molar refractivity (Wildman–Crippen MR) is 82.7 cm³/mol. The molecule has 4 nitrogen and oxygen atoms in total. The summed E-state index contributed by atoms with van der Waals surface area (Å²) < 4.78 is 7.36. The summed E-state index contributed by atoms with van der Waals surface area (Å²) in [5.74, 6) is 0.267. The van der Waals surface area contributed by atoms with Crippen molar-refractivity contribution in [3.8, 4) is 0 Å². The monoisotopic (exact) mass is 306 g/mol. The van der Waals surface area contributed by atoms with Crippen LogP contribution >= 0.6 is 11.6 Å². The summed E-state index contributed by atoms with van der Waals surface area (Å²) in [6.45, 7) is 4.20. The summed E-state index contributed by atoms with van der Waals surface area (Å²) in [4.78, 5) is 16.9. The van der Waals surface area contributed by atoms with Crippen LogP contribution in [0.1, 0.15) is 50.9 Å². The van der Waals surface area contributed by atoms with Crippen molar-refractivity contribution in [3.05, 3.63) is 29.0 Å². The summed E-state index contributed by atoms with van der Waals surface area (Å²) in [6, 6.07) is 6.12. The smallest absolute Gasteiger partial charge is 0.316 e. The summed E-state index contributed by atoms with van der Waals surface area (Å²) in [5, 5.41) is 0.692. The molecule has 0 amide bonds. The number of para-hydroxylation sites is 1. The molecule has 0 spiro atoms. The molecule has 1 aliphatic carbocycles. The second kappa shape index (κ2) is 5.68. The number of nitrogens with zero attached hydrogens (tertiary/aromatic N) is 2. The van der Waals surface area contributed by atoms with Gasteiger partial charge in [0.15, 0.2) is 0 Å². The lowest BCUT2D eigenvalue weighted by molar-refractivity contribution is -0.145. The Labute approximate surface area is 129 Å². The van der Waals surface area contributed by atoms with Gasteiger partial charge >= 0.3 is 5.97 Å². The van der Waals surface area contributed by atoms with E-state index in [4.69, 9.17) is 16.3 Å². The zero-order valence-corrected chi connectivity index (χ0v) is 13.1. The van der Waals surface area contributed by atoms with E-state index < -0.39 is 0 Å². The van der Waals surface area contributed by atoms with E-state index in [-0.39, 0.29) is 11.9 Å². The highest BCUT2D eigenvalue weighted by Gasteiger charge is 2.34. The molecule has 112 valence electrons. The second-order valence-electron chi connectivity index (χ2n) is 5.39. The van der Waals surface area contributed by atoms with E-state index in [0.29, 0.717) is 24.1 Å². The van der Waals surface area contributed by atoms with Crippen molar-refractivity contribution in [2.75, 3.05) is 6.61 Å². The Morgan fingerprint density at radius 2 is 2.24 bits per heavy atom. The number of ether oxygens (including phenoxy) is 1. The van der Waals surface area contributed by atoms with Crippen molar-refractivity contribution in [1.29, 1.82) is 0 Å². The molecule has 1 heterocycles. The van der Waals surface area contributed by atoms with Gasteiger partial charge in [0.25, 0.3) is 0 Å². The predicted octanol–water partition coefficient (Wildman–Crippen LogP) is 4.08. The number of hydrogen-bond donors (Lipinski definition) is 0. The van der Waals surface area contributed by atoms with Crippen molar-refractivity contribution in [2.24, 2.45) is 0 Å². The van der Waals surface area contributed by atoms with Crippen LogP contribution in [-0.2, 0) is 9.53 Å².